The number of Topliss-reactive ketones (excluding diaryl/α,β-unsaturated/α-hetero) is 1. The Hall–Kier alpha value is -0.330. The van der Waals surface area contributed by atoms with Gasteiger partial charge in [-0.2, -0.15) is 0 Å². The summed E-state index contributed by atoms with van der Waals surface area (Å²) in [6.45, 7) is 11.4. The number of rotatable bonds is 1. The van der Waals surface area contributed by atoms with Crippen LogP contribution in [0.3, 0.4) is 0 Å². The molecule has 3 aliphatic carbocycles. The summed E-state index contributed by atoms with van der Waals surface area (Å²) in [6, 6.07) is 0. The Morgan fingerprint density at radius 2 is 1.86 bits per heavy atom. The van der Waals surface area contributed by atoms with Gasteiger partial charge in [0.15, 0.2) is 0 Å². The van der Waals surface area contributed by atoms with Crippen molar-refractivity contribution in [1.29, 1.82) is 0 Å². The molecule has 0 saturated heterocycles. The summed E-state index contributed by atoms with van der Waals surface area (Å²) in [5.74, 6) is 2.28. The van der Waals surface area contributed by atoms with Crippen LogP contribution in [0.25, 0.3) is 0 Å². The van der Waals surface area contributed by atoms with E-state index in [1.165, 1.54) is 0 Å². The van der Waals surface area contributed by atoms with Crippen molar-refractivity contribution in [3.63, 3.8) is 0 Å². The summed E-state index contributed by atoms with van der Waals surface area (Å²) in [6.07, 6.45) is 1.98. The first-order valence-electron chi connectivity index (χ1n) is 5.83. The Kier molecular flexibility index (Phi) is 1.91. The Bertz CT molecular complexity index is 277. The quantitative estimate of drug-likeness (QED) is 0.626. The second-order valence-electron chi connectivity index (χ2n) is 6.47. The molecular formula is C13H22O. The number of hydrogen-bond donors (Lipinski definition) is 0. The fourth-order valence-corrected chi connectivity index (χ4v) is 3.82. The molecule has 0 aromatic rings. The maximum absolute atomic E-state index is 12.0. The van der Waals surface area contributed by atoms with Gasteiger partial charge in [-0.3, -0.25) is 4.79 Å². The van der Waals surface area contributed by atoms with Crippen LogP contribution in [-0.2, 0) is 4.79 Å². The Morgan fingerprint density at radius 3 is 2.21 bits per heavy atom. The molecule has 1 heteroatoms. The SMILES string of the molecule is CC(C)[C@]1(C)CC(=O)C2C[C@H]1C2(C)C. The molecule has 80 valence electrons. The van der Waals surface area contributed by atoms with E-state index in [2.05, 4.69) is 34.6 Å². The lowest BCUT2D eigenvalue weighted by Gasteiger charge is -2.64. The Balaban J connectivity index is 2.35. The van der Waals surface area contributed by atoms with E-state index >= 15 is 0 Å². The molecule has 3 atom stereocenters. The van der Waals surface area contributed by atoms with E-state index in [1.54, 1.807) is 0 Å². The molecule has 3 aliphatic rings. The van der Waals surface area contributed by atoms with Crippen LogP contribution < -0.4 is 0 Å². The minimum Gasteiger partial charge on any atom is -0.299 e. The van der Waals surface area contributed by atoms with E-state index in [0.717, 1.165) is 18.8 Å². The van der Waals surface area contributed by atoms with Crippen molar-refractivity contribution in [1.82, 2.24) is 0 Å². The lowest BCUT2D eigenvalue weighted by Crippen LogP contribution is -2.62. The van der Waals surface area contributed by atoms with Crippen LogP contribution in [0.2, 0.25) is 0 Å². The summed E-state index contributed by atoms with van der Waals surface area (Å²) in [5, 5.41) is 0. The van der Waals surface area contributed by atoms with E-state index in [4.69, 9.17) is 0 Å². The molecule has 0 radical (unpaired) electrons. The third-order valence-corrected chi connectivity index (χ3v) is 5.33. The van der Waals surface area contributed by atoms with Gasteiger partial charge in [-0.15, -0.1) is 0 Å². The topological polar surface area (TPSA) is 17.1 Å². The van der Waals surface area contributed by atoms with Gasteiger partial charge in [0.2, 0.25) is 0 Å². The van der Waals surface area contributed by atoms with Crippen molar-refractivity contribution in [2.75, 3.05) is 0 Å². The number of carbonyl (C=O) groups excluding carboxylic acids is 1. The lowest BCUT2D eigenvalue weighted by molar-refractivity contribution is -0.181. The molecule has 0 aliphatic heterocycles. The average molecular weight is 194 g/mol. The fourth-order valence-electron chi connectivity index (χ4n) is 3.82. The van der Waals surface area contributed by atoms with Crippen molar-refractivity contribution in [2.24, 2.45) is 28.6 Å². The van der Waals surface area contributed by atoms with E-state index < -0.39 is 0 Å². The Labute approximate surface area is 87.3 Å². The predicted molar refractivity (Wildman–Crippen MR) is 57.9 cm³/mol. The largest absolute Gasteiger partial charge is 0.299 e. The lowest BCUT2D eigenvalue weighted by atomic mass is 9.39. The summed E-state index contributed by atoms with van der Waals surface area (Å²) < 4.78 is 0. The van der Waals surface area contributed by atoms with Crippen LogP contribution in [0, 0.1) is 28.6 Å². The third-order valence-electron chi connectivity index (χ3n) is 5.33. The van der Waals surface area contributed by atoms with Gasteiger partial charge in [0.1, 0.15) is 5.78 Å². The third kappa shape index (κ3) is 0.988. The molecule has 1 unspecified atom stereocenters. The molecule has 0 aromatic carbocycles. The van der Waals surface area contributed by atoms with Gasteiger partial charge in [-0.25, -0.2) is 0 Å². The number of ketones is 1. The molecule has 3 saturated carbocycles. The molecule has 0 aromatic heterocycles. The van der Waals surface area contributed by atoms with Crippen LogP contribution in [0.4, 0.5) is 0 Å². The normalized spacial score (nSPS) is 45.1. The zero-order valence-corrected chi connectivity index (χ0v) is 10.1. The molecule has 0 spiro atoms. The minimum atomic E-state index is 0.259. The zero-order valence-electron chi connectivity index (χ0n) is 10.1. The van der Waals surface area contributed by atoms with E-state index in [-0.39, 0.29) is 10.8 Å². The van der Waals surface area contributed by atoms with Crippen molar-refractivity contribution < 1.29 is 4.79 Å². The summed E-state index contributed by atoms with van der Waals surface area (Å²) >= 11 is 0. The van der Waals surface area contributed by atoms with Gasteiger partial charge >= 0.3 is 0 Å². The fraction of sp³-hybridized carbons (Fsp3) is 0.923. The molecule has 0 heterocycles. The summed E-state index contributed by atoms with van der Waals surface area (Å²) in [4.78, 5) is 12.0. The number of hydrogen-bond acceptors (Lipinski definition) is 1. The molecule has 0 N–H and O–H groups in total. The van der Waals surface area contributed by atoms with Crippen molar-refractivity contribution in [3.8, 4) is 0 Å². The monoisotopic (exact) mass is 194 g/mol. The number of fused-ring (bicyclic) bond motifs is 2. The summed E-state index contributed by atoms with van der Waals surface area (Å²) in [5.41, 5.74) is 0.531. The second kappa shape index (κ2) is 2.62. The van der Waals surface area contributed by atoms with Crippen LogP contribution in [-0.4, -0.2) is 5.78 Å². The van der Waals surface area contributed by atoms with Crippen molar-refractivity contribution >= 4 is 5.78 Å². The summed E-state index contributed by atoms with van der Waals surface area (Å²) in [7, 11) is 0. The van der Waals surface area contributed by atoms with E-state index in [0.29, 0.717) is 17.6 Å². The van der Waals surface area contributed by atoms with Crippen LogP contribution in [0.5, 0.6) is 0 Å². The molecule has 3 fully saturated rings. The Morgan fingerprint density at radius 1 is 1.29 bits per heavy atom. The smallest absolute Gasteiger partial charge is 0.137 e. The van der Waals surface area contributed by atoms with Crippen molar-refractivity contribution in [2.45, 2.75) is 47.5 Å². The van der Waals surface area contributed by atoms with Gasteiger partial charge in [-0.1, -0.05) is 34.6 Å². The first-order chi connectivity index (χ1) is 6.30. The zero-order chi connectivity index (χ0) is 10.7. The van der Waals surface area contributed by atoms with Gasteiger partial charge < -0.3 is 0 Å². The standard InChI is InChI=1S/C13H22O/c1-8(2)13(5)7-10(14)9-6-11(13)12(9,3)4/h8-9,11H,6-7H2,1-5H3/t9?,11-,13-/m0/s1. The van der Waals surface area contributed by atoms with Gasteiger partial charge in [0.25, 0.3) is 0 Å². The van der Waals surface area contributed by atoms with Crippen LogP contribution in [0.15, 0.2) is 0 Å². The number of carbonyl (C=O) groups is 1. The molecule has 0 amide bonds. The molecule has 1 nitrogen and oxygen atoms in total. The predicted octanol–water partition coefficient (Wildman–Crippen LogP) is 3.28. The average Bonchev–Trinajstić information content (AvgIpc) is 2.01. The molecule has 2 bridgehead atoms. The highest BCUT2D eigenvalue weighted by molar-refractivity contribution is 5.85. The first kappa shape index (κ1) is 10.2. The van der Waals surface area contributed by atoms with Gasteiger partial charge in [0, 0.05) is 12.3 Å². The maximum Gasteiger partial charge on any atom is 0.137 e. The van der Waals surface area contributed by atoms with E-state index in [1.807, 2.05) is 0 Å². The maximum atomic E-state index is 12.0. The second-order valence-corrected chi connectivity index (χ2v) is 6.47. The highest BCUT2D eigenvalue weighted by Crippen LogP contribution is 2.66. The van der Waals surface area contributed by atoms with Gasteiger partial charge in [-0.05, 0) is 29.1 Å². The van der Waals surface area contributed by atoms with Crippen molar-refractivity contribution in [3.05, 3.63) is 0 Å². The molecule has 3 rings (SSSR count). The minimum absolute atomic E-state index is 0.259. The van der Waals surface area contributed by atoms with Crippen LogP contribution >= 0.6 is 0 Å². The van der Waals surface area contributed by atoms with Crippen LogP contribution in [0.1, 0.15) is 47.5 Å². The highest BCUT2D eigenvalue weighted by Gasteiger charge is 2.63. The van der Waals surface area contributed by atoms with Gasteiger partial charge in [0.05, 0.1) is 0 Å². The van der Waals surface area contributed by atoms with E-state index in [9.17, 15) is 4.79 Å². The highest BCUT2D eigenvalue weighted by atomic mass is 16.1. The molecular weight excluding hydrogens is 172 g/mol. The first-order valence-corrected chi connectivity index (χ1v) is 5.83. The molecule has 14 heavy (non-hydrogen) atoms.